The van der Waals surface area contributed by atoms with Crippen LogP contribution in [0.3, 0.4) is 0 Å². The summed E-state index contributed by atoms with van der Waals surface area (Å²) in [7, 11) is -3.06. The number of hydrogen-bond donors (Lipinski definition) is 1. The molecular formula is C14H28N3O3S. The van der Waals surface area contributed by atoms with Crippen molar-refractivity contribution in [2.24, 2.45) is 0 Å². The molecule has 2 heterocycles. The molecule has 0 spiro atoms. The fourth-order valence-corrected chi connectivity index (χ4v) is 4.50. The van der Waals surface area contributed by atoms with Gasteiger partial charge in [0.2, 0.25) is 10.0 Å². The Hall–Kier alpha value is -0.210. The summed E-state index contributed by atoms with van der Waals surface area (Å²) in [5.41, 5.74) is 0. The van der Waals surface area contributed by atoms with Crippen LogP contribution >= 0.6 is 0 Å². The number of piperazine rings is 1. The SMILES string of the molecule is O=S(=O)(CCCN1CCN(CCO)CC1)N1CC[CH]CC1. The first kappa shape index (κ1) is 17.1. The van der Waals surface area contributed by atoms with E-state index in [0.29, 0.717) is 19.5 Å². The molecule has 1 radical (unpaired) electrons. The van der Waals surface area contributed by atoms with Crippen molar-refractivity contribution >= 4 is 10.0 Å². The minimum atomic E-state index is -3.06. The molecule has 0 aromatic heterocycles. The molecule has 0 aliphatic carbocycles. The molecular weight excluding hydrogens is 290 g/mol. The number of piperidine rings is 1. The van der Waals surface area contributed by atoms with E-state index in [1.54, 1.807) is 4.31 Å². The smallest absolute Gasteiger partial charge is 0.214 e. The zero-order valence-electron chi connectivity index (χ0n) is 12.8. The molecule has 2 saturated heterocycles. The van der Waals surface area contributed by atoms with Gasteiger partial charge >= 0.3 is 0 Å². The van der Waals surface area contributed by atoms with Crippen LogP contribution in [-0.4, -0.2) is 92.3 Å². The lowest BCUT2D eigenvalue weighted by Crippen LogP contribution is -2.47. The summed E-state index contributed by atoms with van der Waals surface area (Å²) in [6.45, 7) is 7.00. The van der Waals surface area contributed by atoms with Gasteiger partial charge in [-0.2, -0.15) is 0 Å². The van der Waals surface area contributed by atoms with Crippen LogP contribution in [0.2, 0.25) is 0 Å². The molecule has 2 aliphatic heterocycles. The van der Waals surface area contributed by atoms with Crippen LogP contribution in [0.4, 0.5) is 0 Å². The van der Waals surface area contributed by atoms with E-state index in [9.17, 15) is 8.42 Å². The van der Waals surface area contributed by atoms with Gasteiger partial charge in [0.1, 0.15) is 0 Å². The van der Waals surface area contributed by atoms with Crippen molar-refractivity contribution in [2.45, 2.75) is 19.3 Å². The van der Waals surface area contributed by atoms with Crippen LogP contribution in [0, 0.1) is 6.42 Å². The second-order valence-corrected chi connectivity index (χ2v) is 7.93. The molecule has 2 rings (SSSR count). The Labute approximate surface area is 128 Å². The number of aliphatic hydroxyl groups is 1. The quantitative estimate of drug-likeness (QED) is 0.693. The Morgan fingerprint density at radius 3 is 2.05 bits per heavy atom. The minimum absolute atomic E-state index is 0.214. The maximum atomic E-state index is 12.2. The molecule has 7 heteroatoms. The summed E-state index contributed by atoms with van der Waals surface area (Å²) in [6, 6.07) is 0. The molecule has 0 atom stereocenters. The number of hydrogen-bond acceptors (Lipinski definition) is 5. The molecule has 0 amide bonds. The Morgan fingerprint density at radius 1 is 0.905 bits per heavy atom. The van der Waals surface area contributed by atoms with Gasteiger partial charge in [0.25, 0.3) is 0 Å². The van der Waals surface area contributed by atoms with Crippen molar-refractivity contribution < 1.29 is 13.5 Å². The standard InChI is InChI=1S/C14H28N3O3S/c18-13-12-16-10-8-15(9-11-16)5-4-14-21(19,20)17-6-2-1-3-7-17/h1,18H,2-14H2. The minimum Gasteiger partial charge on any atom is -0.395 e. The van der Waals surface area contributed by atoms with Crippen LogP contribution in [0.15, 0.2) is 0 Å². The Bertz CT molecular complexity index is 388. The number of sulfonamides is 1. The molecule has 0 unspecified atom stereocenters. The molecule has 0 aromatic carbocycles. The van der Waals surface area contributed by atoms with Gasteiger partial charge in [0.05, 0.1) is 12.4 Å². The van der Waals surface area contributed by atoms with E-state index in [1.165, 1.54) is 0 Å². The predicted octanol–water partition coefficient (Wildman–Crippen LogP) is -0.384. The molecule has 6 nitrogen and oxygen atoms in total. The summed E-state index contributed by atoms with van der Waals surface area (Å²) in [5, 5.41) is 8.91. The molecule has 0 bridgehead atoms. The van der Waals surface area contributed by atoms with Gasteiger partial charge in [-0.05, 0) is 32.2 Å². The molecule has 0 aromatic rings. The molecule has 123 valence electrons. The maximum absolute atomic E-state index is 12.2. The zero-order valence-corrected chi connectivity index (χ0v) is 13.6. The van der Waals surface area contributed by atoms with Gasteiger partial charge in [-0.3, -0.25) is 4.90 Å². The van der Waals surface area contributed by atoms with E-state index in [-0.39, 0.29) is 12.4 Å². The van der Waals surface area contributed by atoms with E-state index in [2.05, 4.69) is 16.2 Å². The molecule has 0 saturated carbocycles. The fraction of sp³-hybridized carbons (Fsp3) is 0.929. The maximum Gasteiger partial charge on any atom is 0.214 e. The van der Waals surface area contributed by atoms with Crippen LogP contribution in [-0.2, 0) is 10.0 Å². The topological polar surface area (TPSA) is 64.1 Å². The predicted molar refractivity (Wildman–Crippen MR) is 83.5 cm³/mol. The van der Waals surface area contributed by atoms with Crippen molar-refractivity contribution in [1.29, 1.82) is 0 Å². The Kier molecular flexibility index (Phi) is 6.88. The average Bonchev–Trinajstić information content (AvgIpc) is 2.50. The number of rotatable bonds is 7. The monoisotopic (exact) mass is 318 g/mol. The molecule has 21 heavy (non-hydrogen) atoms. The van der Waals surface area contributed by atoms with Crippen LogP contribution < -0.4 is 0 Å². The van der Waals surface area contributed by atoms with Gasteiger partial charge in [-0.15, -0.1) is 0 Å². The normalized spacial score (nSPS) is 23.5. The summed E-state index contributed by atoms with van der Waals surface area (Å²) in [6.07, 6.45) is 4.64. The first-order chi connectivity index (χ1) is 10.1. The van der Waals surface area contributed by atoms with Crippen LogP contribution in [0.1, 0.15) is 19.3 Å². The van der Waals surface area contributed by atoms with Gasteiger partial charge in [0.15, 0.2) is 0 Å². The lowest BCUT2D eigenvalue weighted by molar-refractivity contribution is 0.113. The molecule has 2 fully saturated rings. The molecule has 2 aliphatic rings. The van der Waals surface area contributed by atoms with Crippen molar-refractivity contribution in [1.82, 2.24) is 14.1 Å². The third-order valence-electron chi connectivity index (χ3n) is 4.32. The van der Waals surface area contributed by atoms with Gasteiger partial charge < -0.3 is 10.0 Å². The van der Waals surface area contributed by atoms with Gasteiger partial charge in [0, 0.05) is 45.8 Å². The van der Waals surface area contributed by atoms with Crippen molar-refractivity contribution in [3.63, 3.8) is 0 Å². The van der Waals surface area contributed by atoms with Crippen molar-refractivity contribution in [3.05, 3.63) is 6.42 Å². The van der Waals surface area contributed by atoms with E-state index in [4.69, 9.17) is 5.11 Å². The largest absolute Gasteiger partial charge is 0.395 e. The van der Waals surface area contributed by atoms with Crippen LogP contribution in [0.5, 0.6) is 0 Å². The Morgan fingerprint density at radius 2 is 1.48 bits per heavy atom. The van der Waals surface area contributed by atoms with Gasteiger partial charge in [-0.25, -0.2) is 12.7 Å². The summed E-state index contributed by atoms with van der Waals surface area (Å²) < 4.78 is 26.1. The van der Waals surface area contributed by atoms with Crippen molar-refractivity contribution in [3.8, 4) is 0 Å². The highest BCUT2D eigenvalue weighted by Gasteiger charge is 2.24. The van der Waals surface area contributed by atoms with E-state index in [1.807, 2.05) is 0 Å². The highest BCUT2D eigenvalue weighted by atomic mass is 32.2. The Balaban J connectivity index is 1.65. The van der Waals surface area contributed by atoms with E-state index < -0.39 is 10.0 Å². The zero-order chi connectivity index (χ0) is 15.1. The molecule has 1 N–H and O–H groups in total. The average molecular weight is 318 g/mol. The van der Waals surface area contributed by atoms with E-state index in [0.717, 1.165) is 52.1 Å². The lowest BCUT2D eigenvalue weighted by atomic mass is 10.2. The summed E-state index contributed by atoms with van der Waals surface area (Å²) in [4.78, 5) is 4.57. The summed E-state index contributed by atoms with van der Waals surface area (Å²) in [5.74, 6) is 0.268. The third-order valence-corrected chi connectivity index (χ3v) is 6.27. The summed E-state index contributed by atoms with van der Waals surface area (Å²) >= 11 is 0. The second-order valence-electron chi connectivity index (χ2n) is 5.84. The number of aliphatic hydroxyl groups excluding tert-OH is 1. The number of nitrogens with zero attached hydrogens (tertiary/aromatic N) is 3. The lowest BCUT2D eigenvalue weighted by Gasteiger charge is -2.34. The fourth-order valence-electron chi connectivity index (χ4n) is 2.98. The van der Waals surface area contributed by atoms with Crippen molar-refractivity contribution in [2.75, 3.05) is 64.7 Å². The third kappa shape index (κ3) is 5.49. The second kappa shape index (κ2) is 8.43. The first-order valence-corrected chi connectivity index (χ1v) is 9.58. The van der Waals surface area contributed by atoms with E-state index >= 15 is 0 Å². The highest BCUT2D eigenvalue weighted by molar-refractivity contribution is 7.89. The highest BCUT2D eigenvalue weighted by Crippen LogP contribution is 2.13. The number of β-amino-alcohol motifs (C(OH)–C–C–N with tert-alkyl or cyclic N) is 1. The first-order valence-electron chi connectivity index (χ1n) is 7.97. The van der Waals surface area contributed by atoms with Gasteiger partial charge in [-0.1, -0.05) is 0 Å². The van der Waals surface area contributed by atoms with Crippen LogP contribution in [0.25, 0.3) is 0 Å².